The van der Waals surface area contributed by atoms with E-state index in [1.54, 1.807) is 0 Å². The highest BCUT2D eigenvalue weighted by Crippen LogP contribution is 2.29. The fourth-order valence-electron chi connectivity index (χ4n) is 2.14. The van der Waals surface area contributed by atoms with Crippen LogP contribution in [0.1, 0.15) is 24.0 Å². The summed E-state index contributed by atoms with van der Waals surface area (Å²) in [6.45, 7) is 0.740. The molecule has 0 aromatic heterocycles. The first-order valence-electron chi connectivity index (χ1n) is 7.14. The molecule has 1 fully saturated rings. The Labute approximate surface area is 129 Å². The summed E-state index contributed by atoms with van der Waals surface area (Å²) < 4.78 is 5.81. The molecule has 0 heterocycles. The average molecular weight is 304 g/mol. The molecule has 1 aliphatic carbocycles. The summed E-state index contributed by atoms with van der Waals surface area (Å²) in [6, 6.07) is 13.8. The zero-order chi connectivity index (χ0) is 14.7. The van der Waals surface area contributed by atoms with E-state index in [1.165, 1.54) is 12.8 Å². The third-order valence-electron chi connectivity index (χ3n) is 3.55. The van der Waals surface area contributed by atoms with E-state index in [2.05, 4.69) is 5.32 Å². The van der Waals surface area contributed by atoms with Crippen molar-refractivity contribution in [3.63, 3.8) is 0 Å². The van der Waals surface area contributed by atoms with Crippen molar-refractivity contribution in [2.24, 2.45) is 0 Å². The molecule has 0 saturated heterocycles. The minimum absolute atomic E-state index is 0.0483. The van der Waals surface area contributed by atoms with Crippen molar-refractivity contribution in [3.05, 3.63) is 58.6 Å². The lowest BCUT2D eigenvalue weighted by Crippen LogP contribution is -2.15. The number of aliphatic hydroxyl groups is 1. The van der Waals surface area contributed by atoms with Gasteiger partial charge in [0.15, 0.2) is 0 Å². The Bertz CT molecular complexity index is 626. The molecule has 3 rings (SSSR count). The smallest absolute Gasteiger partial charge is 0.132 e. The van der Waals surface area contributed by atoms with Gasteiger partial charge in [0.25, 0.3) is 0 Å². The Hall–Kier alpha value is -1.55. The molecule has 4 heteroatoms. The number of hydrogen-bond acceptors (Lipinski definition) is 3. The summed E-state index contributed by atoms with van der Waals surface area (Å²) in [6.07, 6.45) is 2.52. The number of benzene rings is 2. The lowest BCUT2D eigenvalue weighted by molar-refractivity contribution is 0.276. The topological polar surface area (TPSA) is 41.5 Å². The molecule has 1 saturated carbocycles. The molecule has 2 N–H and O–H groups in total. The van der Waals surface area contributed by atoms with Gasteiger partial charge in [-0.15, -0.1) is 0 Å². The Morgan fingerprint density at radius 3 is 2.67 bits per heavy atom. The highest BCUT2D eigenvalue weighted by molar-refractivity contribution is 6.31. The average Bonchev–Trinajstić information content (AvgIpc) is 3.31. The molecule has 0 aliphatic heterocycles. The molecule has 0 spiro atoms. The molecule has 2 aromatic rings. The van der Waals surface area contributed by atoms with Crippen LogP contribution in [0.3, 0.4) is 0 Å². The predicted octanol–water partition coefficient (Wildman–Crippen LogP) is 3.88. The van der Waals surface area contributed by atoms with Crippen LogP contribution in [-0.2, 0) is 13.2 Å². The molecule has 0 bridgehead atoms. The largest absolute Gasteiger partial charge is 0.457 e. The highest BCUT2D eigenvalue weighted by Gasteiger charge is 2.20. The van der Waals surface area contributed by atoms with Crippen LogP contribution in [0.2, 0.25) is 5.02 Å². The van der Waals surface area contributed by atoms with Crippen LogP contribution in [0.15, 0.2) is 42.5 Å². The molecule has 1 aliphatic rings. The minimum Gasteiger partial charge on any atom is -0.457 e. The van der Waals surface area contributed by atoms with E-state index in [-0.39, 0.29) is 6.61 Å². The van der Waals surface area contributed by atoms with Crippen LogP contribution >= 0.6 is 11.6 Å². The number of hydrogen-bond donors (Lipinski definition) is 2. The van der Waals surface area contributed by atoms with Gasteiger partial charge in [0, 0.05) is 23.2 Å². The SMILES string of the molecule is OCc1ccccc1Oc1ccc(CNC2CC2)c(Cl)c1. The van der Waals surface area contributed by atoms with Crippen LogP contribution in [0.4, 0.5) is 0 Å². The monoisotopic (exact) mass is 303 g/mol. The molecule has 0 atom stereocenters. The second-order valence-corrected chi connectivity index (χ2v) is 5.68. The van der Waals surface area contributed by atoms with Crippen LogP contribution in [-0.4, -0.2) is 11.1 Å². The van der Waals surface area contributed by atoms with Gasteiger partial charge in [-0.05, 0) is 36.6 Å². The van der Waals surface area contributed by atoms with Gasteiger partial charge in [0.05, 0.1) is 6.61 Å². The maximum atomic E-state index is 9.31. The van der Waals surface area contributed by atoms with Gasteiger partial charge in [0.2, 0.25) is 0 Å². The molecule has 21 heavy (non-hydrogen) atoms. The summed E-state index contributed by atoms with van der Waals surface area (Å²) in [4.78, 5) is 0. The zero-order valence-electron chi connectivity index (χ0n) is 11.7. The zero-order valence-corrected chi connectivity index (χ0v) is 12.4. The molecule has 110 valence electrons. The van der Waals surface area contributed by atoms with Gasteiger partial charge in [-0.1, -0.05) is 35.9 Å². The molecule has 3 nitrogen and oxygen atoms in total. The van der Waals surface area contributed by atoms with E-state index in [0.717, 1.165) is 17.7 Å². The fraction of sp³-hybridized carbons (Fsp3) is 0.294. The van der Waals surface area contributed by atoms with E-state index in [1.807, 2.05) is 42.5 Å². The molecule has 0 unspecified atom stereocenters. The summed E-state index contributed by atoms with van der Waals surface area (Å²) in [7, 11) is 0. The third-order valence-corrected chi connectivity index (χ3v) is 3.91. The first kappa shape index (κ1) is 14.4. The van der Waals surface area contributed by atoms with Gasteiger partial charge >= 0.3 is 0 Å². The maximum Gasteiger partial charge on any atom is 0.132 e. The van der Waals surface area contributed by atoms with Gasteiger partial charge in [0.1, 0.15) is 11.5 Å². The minimum atomic E-state index is -0.0483. The van der Waals surface area contributed by atoms with Gasteiger partial charge in [-0.25, -0.2) is 0 Å². The maximum absolute atomic E-state index is 9.31. The third kappa shape index (κ3) is 3.76. The number of halogens is 1. The summed E-state index contributed by atoms with van der Waals surface area (Å²) in [5, 5.41) is 13.4. The number of ether oxygens (including phenoxy) is 1. The highest BCUT2D eigenvalue weighted by atomic mass is 35.5. The number of aliphatic hydroxyl groups excluding tert-OH is 1. The second-order valence-electron chi connectivity index (χ2n) is 5.28. The quantitative estimate of drug-likeness (QED) is 0.851. The van der Waals surface area contributed by atoms with Crippen molar-refractivity contribution in [2.75, 3.05) is 0 Å². The van der Waals surface area contributed by atoms with Crippen molar-refractivity contribution in [2.45, 2.75) is 32.0 Å². The van der Waals surface area contributed by atoms with Crippen molar-refractivity contribution < 1.29 is 9.84 Å². The van der Waals surface area contributed by atoms with E-state index >= 15 is 0 Å². The van der Waals surface area contributed by atoms with E-state index in [9.17, 15) is 5.11 Å². The standard InChI is InChI=1S/C17H18ClNO2/c18-16-9-15(8-5-12(16)10-19-14-6-7-14)21-17-4-2-1-3-13(17)11-20/h1-5,8-9,14,19-20H,6-7,10-11H2. The molecular weight excluding hydrogens is 286 g/mol. The molecule has 0 amide bonds. The van der Waals surface area contributed by atoms with E-state index < -0.39 is 0 Å². The lowest BCUT2D eigenvalue weighted by atomic mass is 10.2. The van der Waals surface area contributed by atoms with E-state index in [0.29, 0.717) is 22.6 Å². The lowest BCUT2D eigenvalue weighted by Gasteiger charge is -2.11. The first-order chi connectivity index (χ1) is 10.3. The fourth-order valence-corrected chi connectivity index (χ4v) is 2.37. The Kier molecular flexibility index (Phi) is 4.44. The normalized spacial score (nSPS) is 14.2. The van der Waals surface area contributed by atoms with Crippen LogP contribution in [0.5, 0.6) is 11.5 Å². The first-order valence-corrected chi connectivity index (χ1v) is 7.52. The molecule has 0 radical (unpaired) electrons. The van der Waals surface area contributed by atoms with Crippen molar-refractivity contribution in [1.29, 1.82) is 0 Å². The Morgan fingerprint density at radius 2 is 1.95 bits per heavy atom. The van der Waals surface area contributed by atoms with Gasteiger partial charge in [-0.2, -0.15) is 0 Å². The number of para-hydroxylation sites is 1. The number of rotatable bonds is 6. The summed E-state index contributed by atoms with van der Waals surface area (Å²) in [5.41, 5.74) is 1.83. The number of nitrogens with one attached hydrogen (secondary N) is 1. The molecule has 2 aromatic carbocycles. The van der Waals surface area contributed by atoms with Gasteiger partial charge < -0.3 is 15.2 Å². The van der Waals surface area contributed by atoms with Crippen molar-refractivity contribution >= 4 is 11.6 Å². The van der Waals surface area contributed by atoms with Crippen LogP contribution in [0, 0.1) is 0 Å². The Balaban J connectivity index is 1.71. The Morgan fingerprint density at radius 1 is 1.14 bits per heavy atom. The predicted molar refractivity (Wildman–Crippen MR) is 83.8 cm³/mol. The second kappa shape index (κ2) is 6.48. The van der Waals surface area contributed by atoms with Crippen LogP contribution < -0.4 is 10.1 Å². The molecular formula is C17H18ClNO2. The van der Waals surface area contributed by atoms with Gasteiger partial charge in [-0.3, -0.25) is 0 Å². The van der Waals surface area contributed by atoms with E-state index in [4.69, 9.17) is 16.3 Å². The van der Waals surface area contributed by atoms with Crippen molar-refractivity contribution in [3.8, 4) is 11.5 Å². The summed E-state index contributed by atoms with van der Waals surface area (Å²) in [5.74, 6) is 1.33. The van der Waals surface area contributed by atoms with Crippen molar-refractivity contribution in [1.82, 2.24) is 5.32 Å². The summed E-state index contributed by atoms with van der Waals surface area (Å²) >= 11 is 6.30. The van der Waals surface area contributed by atoms with Crippen LogP contribution in [0.25, 0.3) is 0 Å².